The molecule has 3 rings (SSSR count). The molecular formula is C16H13ClN4O2. The van der Waals surface area contributed by atoms with Crippen molar-refractivity contribution in [3.05, 3.63) is 65.3 Å². The van der Waals surface area contributed by atoms with Crippen molar-refractivity contribution >= 4 is 17.5 Å². The van der Waals surface area contributed by atoms with Crippen molar-refractivity contribution in [2.24, 2.45) is 0 Å². The van der Waals surface area contributed by atoms with Gasteiger partial charge in [0.25, 0.3) is 0 Å². The molecule has 0 radical (unpaired) electrons. The minimum Gasteiger partial charge on any atom is -0.347 e. The molecule has 1 amide bonds. The van der Waals surface area contributed by atoms with Gasteiger partial charge >= 0.3 is 11.8 Å². The van der Waals surface area contributed by atoms with E-state index in [1.165, 1.54) is 0 Å². The number of amides is 1. The zero-order valence-corrected chi connectivity index (χ0v) is 12.8. The van der Waals surface area contributed by atoms with Gasteiger partial charge in [-0.05, 0) is 36.2 Å². The molecule has 0 unspecified atom stereocenters. The largest absolute Gasteiger partial charge is 0.347 e. The lowest BCUT2D eigenvalue weighted by Gasteiger charge is -2.02. The zero-order valence-electron chi connectivity index (χ0n) is 12.1. The second kappa shape index (κ2) is 7.02. The number of carbonyl (C=O) groups is 1. The van der Waals surface area contributed by atoms with Crippen LogP contribution in [0.3, 0.4) is 0 Å². The fraction of sp³-hybridized carbons (Fsp3) is 0.125. The second-order valence-electron chi connectivity index (χ2n) is 4.79. The highest BCUT2D eigenvalue weighted by Gasteiger charge is 2.15. The molecule has 3 aromatic rings. The van der Waals surface area contributed by atoms with E-state index in [0.29, 0.717) is 23.8 Å². The van der Waals surface area contributed by atoms with Crippen molar-refractivity contribution in [3.8, 4) is 11.4 Å². The lowest BCUT2D eigenvalue weighted by molar-refractivity contribution is 0.0910. The van der Waals surface area contributed by atoms with E-state index in [-0.39, 0.29) is 5.89 Å². The zero-order chi connectivity index (χ0) is 16.1. The number of pyridine rings is 1. The first kappa shape index (κ1) is 15.2. The summed E-state index contributed by atoms with van der Waals surface area (Å²) >= 11 is 5.83. The topological polar surface area (TPSA) is 80.9 Å². The molecule has 2 aromatic heterocycles. The Kier molecular flexibility index (Phi) is 4.63. The number of halogens is 1. The monoisotopic (exact) mass is 328 g/mol. The van der Waals surface area contributed by atoms with Crippen molar-refractivity contribution < 1.29 is 9.32 Å². The van der Waals surface area contributed by atoms with E-state index in [4.69, 9.17) is 16.1 Å². The van der Waals surface area contributed by atoms with Gasteiger partial charge < -0.3 is 9.84 Å². The van der Waals surface area contributed by atoms with Gasteiger partial charge in [-0.25, -0.2) is 0 Å². The number of benzene rings is 1. The number of rotatable bonds is 5. The van der Waals surface area contributed by atoms with E-state index < -0.39 is 5.91 Å². The molecule has 0 bridgehead atoms. The first-order valence-electron chi connectivity index (χ1n) is 6.99. The van der Waals surface area contributed by atoms with Crippen molar-refractivity contribution in [1.82, 2.24) is 20.4 Å². The van der Waals surface area contributed by atoms with E-state index in [9.17, 15) is 4.79 Å². The number of nitrogens with zero attached hydrogens (tertiary/aromatic N) is 3. The highest BCUT2D eigenvalue weighted by atomic mass is 35.5. The maximum Gasteiger partial charge on any atom is 0.316 e. The Morgan fingerprint density at radius 3 is 2.61 bits per heavy atom. The second-order valence-corrected chi connectivity index (χ2v) is 5.23. The van der Waals surface area contributed by atoms with E-state index in [2.05, 4.69) is 20.4 Å². The van der Waals surface area contributed by atoms with E-state index in [1.807, 2.05) is 24.3 Å². The summed E-state index contributed by atoms with van der Waals surface area (Å²) in [5, 5.41) is 7.23. The van der Waals surface area contributed by atoms with Gasteiger partial charge in [-0.15, -0.1) is 0 Å². The number of carbonyl (C=O) groups excluding carboxylic acids is 1. The molecule has 0 saturated carbocycles. The highest BCUT2D eigenvalue weighted by molar-refractivity contribution is 6.30. The number of aromatic nitrogens is 3. The minimum atomic E-state index is -0.397. The average Bonchev–Trinajstić information content (AvgIpc) is 3.07. The van der Waals surface area contributed by atoms with E-state index >= 15 is 0 Å². The van der Waals surface area contributed by atoms with Crippen LogP contribution in [0.2, 0.25) is 5.02 Å². The molecule has 0 spiro atoms. The highest BCUT2D eigenvalue weighted by Crippen LogP contribution is 2.14. The molecule has 0 saturated heterocycles. The Morgan fingerprint density at radius 1 is 1.13 bits per heavy atom. The van der Waals surface area contributed by atoms with Gasteiger partial charge in [0.1, 0.15) is 0 Å². The summed E-state index contributed by atoms with van der Waals surface area (Å²) in [6.07, 6.45) is 3.93. The SMILES string of the molecule is O=C(NCCc1ccc(Cl)cc1)c1nc(-c2ccncc2)no1. The number of hydrogen-bond donors (Lipinski definition) is 1. The number of hydrogen-bond acceptors (Lipinski definition) is 5. The summed E-state index contributed by atoms with van der Waals surface area (Å²) in [6, 6.07) is 11.0. The van der Waals surface area contributed by atoms with E-state index in [0.717, 1.165) is 11.1 Å². The van der Waals surface area contributed by atoms with E-state index in [1.54, 1.807) is 24.5 Å². The third-order valence-electron chi connectivity index (χ3n) is 3.17. The summed E-state index contributed by atoms with van der Waals surface area (Å²) in [5.41, 5.74) is 1.82. The van der Waals surface area contributed by atoms with Crippen LogP contribution in [0.15, 0.2) is 53.3 Å². The van der Waals surface area contributed by atoms with Crippen molar-refractivity contribution in [3.63, 3.8) is 0 Å². The Morgan fingerprint density at radius 2 is 1.87 bits per heavy atom. The Bertz CT molecular complexity index is 787. The number of nitrogens with one attached hydrogen (secondary N) is 1. The molecule has 6 nitrogen and oxygen atoms in total. The van der Waals surface area contributed by atoms with Gasteiger partial charge in [0, 0.05) is 29.5 Å². The standard InChI is InChI=1S/C16H13ClN4O2/c17-13-3-1-11(2-4-13)5-10-19-15(22)16-20-14(21-23-16)12-6-8-18-9-7-12/h1-4,6-9H,5,10H2,(H,19,22). The summed E-state index contributed by atoms with van der Waals surface area (Å²) in [4.78, 5) is 20.0. The van der Waals surface area contributed by atoms with Crippen molar-refractivity contribution in [1.29, 1.82) is 0 Å². The average molecular weight is 329 g/mol. The molecule has 0 aliphatic carbocycles. The minimum absolute atomic E-state index is 0.0621. The van der Waals surface area contributed by atoms with Crippen LogP contribution in [0.1, 0.15) is 16.2 Å². The predicted molar refractivity (Wildman–Crippen MR) is 85.0 cm³/mol. The van der Waals surface area contributed by atoms with Gasteiger partial charge in [-0.2, -0.15) is 4.98 Å². The summed E-state index contributed by atoms with van der Waals surface area (Å²) in [7, 11) is 0. The first-order valence-corrected chi connectivity index (χ1v) is 7.37. The van der Waals surface area contributed by atoms with Gasteiger partial charge in [0.15, 0.2) is 0 Å². The molecule has 0 fully saturated rings. The molecule has 0 atom stereocenters. The maximum atomic E-state index is 12.0. The molecule has 2 heterocycles. The molecule has 1 N–H and O–H groups in total. The summed E-state index contributed by atoms with van der Waals surface area (Å²) in [5.74, 6) is -0.102. The fourth-order valence-electron chi connectivity index (χ4n) is 1.98. The van der Waals surface area contributed by atoms with Crippen LogP contribution in [0, 0.1) is 0 Å². The Balaban J connectivity index is 1.56. The maximum absolute atomic E-state index is 12.0. The molecule has 7 heteroatoms. The fourth-order valence-corrected chi connectivity index (χ4v) is 2.11. The molecule has 23 heavy (non-hydrogen) atoms. The molecule has 0 aliphatic heterocycles. The Hall–Kier alpha value is -2.73. The van der Waals surface area contributed by atoms with Crippen molar-refractivity contribution in [2.45, 2.75) is 6.42 Å². The van der Waals surface area contributed by atoms with Crippen LogP contribution < -0.4 is 5.32 Å². The van der Waals surface area contributed by atoms with Gasteiger partial charge in [0.2, 0.25) is 5.82 Å². The van der Waals surface area contributed by atoms with Gasteiger partial charge in [-0.1, -0.05) is 28.9 Å². The predicted octanol–water partition coefficient (Wildman–Crippen LogP) is 2.76. The lowest BCUT2D eigenvalue weighted by Crippen LogP contribution is -2.25. The smallest absolute Gasteiger partial charge is 0.316 e. The Labute approximate surface area is 137 Å². The van der Waals surface area contributed by atoms with Crippen LogP contribution in [0.25, 0.3) is 11.4 Å². The lowest BCUT2D eigenvalue weighted by atomic mass is 10.1. The van der Waals surface area contributed by atoms with Crippen LogP contribution in [0.5, 0.6) is 0 Å². The van der Waals surface area contributed by atoms with Gasteiger partial charge in [-0.3, -0.25) is 9.78 Å². The van der Waals surface area contributed by atoms with Crippen LogP contribution in [0.4, 0.5) is 0 Å². The molecule has 0 aliphatic rings. The third kappa shape index (κ3) is 3.92. The summed E-state index contributed by atoms with van der Waals surface area (Å²) in [6.45, 7) is 0.466. The quantitative estimate of drug-likeness (QED) is 0.779. The molecule has 1 aromatic carbocycles. The molecular weight excluding hydrogens is 316 g/mol. The molecule has 116 valence electrons. The van der Waals surface area contributed by atoms with Crippen molar-refractivity contribution in [2.75, 3.05) is 6.54 Å². The summed E-state index contributed by atoms with van der Waals surface area (Å²) < 4.78 is 4.99. The third-order valence-corrected chi connectivity index (χ3v) is 3.42. The van der Waals surface area contributed by atoms with Crippen LogP contribution in [-0.4, -0.2) is 27.6 Å². The van der Waals surface area contributed by atoms with Crippen LogP contribution >= 0.6 is 11.6 Å². The first-order chi connectivity index (χ1) is 11.2. The normalized spacial score (nSPS) is 10.5. The van der Waals surface area contributed by atoms with Crippen LogP contribution in [-0.2, 0) is 6.42 Å². The van der Waals surface area contributed by atoms with Gasteiger partial charge in [0.05, 0.1) is 0 Å².